The molecule has 0 aromatic carbocycles. The summed E-state index contributed by atoms with van der Waals surface area (Å²) in [6.07, 6.45) is 4.68. The molecule has 1 fully saturated rings. The lowest BCUT2D eigenvalue weighted by Gasteiger charge is -2.27. The molecule has 19 heavy (non-hydrogen) atoms. The second-order valence-corrected chi connectivity index (χ2v) is 5.58. The van der Waals surface area contributed by atoms with E-state index < -0.39 is 0 Å². The topological polar surface area (TPSA) is 72.9 Å². The third kappa shape index (κ3) is 2.97. The van der Waals surface area contributed by atoms with Gasteiger partial charge in [0.15, 0.2) is 0 Å². The van der Waals surface area contributed by atoms with Crippen LogP contribution in [0.15, 0.2) is 6.07 Å². The van der Waals surface area contributed by atoms with Gasteiger partial charge < -0.3 is 11.1 Å². The van der Waals surface area contributed by atoms with Crippen molar-refractivity contribution in [3.8, 4) is 0 Å². The Morgan fingerprint density at radius 1 is 1.53 bits per heavy atom. The van der Waals surface area contributed by atoms with Gasteiger partial charge in [0.05, 0.1) is 5.69 Å². The van der Waals surface area contributed by atoms with E-state index in [9.17, 15) is 4.79 Å². The molecule has 5 nitrogen and oxygen atoms in total. The number of rotatable bonds is 5. The Hall–Kier alpha value is -1.36. The molecule has 0 unspecified atom stereocenters. The lowest BCUT2D eigenvalue weighted by molar-refractivity contribution is 0.0921. The van der Waals surface area contributed by atoms with Crippen molar-refractivity contribution in [1.82, 2.24) is 15.1 Å². The fourth-order valence-electron chi connectivity index (χ4n) is 2.91. The van der Waals surface area contributed by atoms with E-state index in [1.54, 1.807) is 4.68 Å². The fraction of sp³-hybridized carbons (Fsp3) is 0.714. The van der Waals surface area contributed by atoms with Crippen molar-refractivity contribution in [2.75, 3.05) is 13.1 Å². The largest absolute Gasteiger partial charge is 0.350 e. The summed E-state index contributed by atoms with van der Waals surface area (Å²) >= 11 is 0. The lowest BCUT2D eigenvalue weighted by atomic mass is 9.86. The van der Waals surface area contributed by atoms with Crippen molar-refractivity contribution < 1.29 is 4.79 Å². The van der Waals surface area contributed by atoms with E-state index in [-0.39, 0.29) is 11.3 Å². The van der Waals surface area contributed by atoms with Crippen molar-refractivity contribution in [2.45, 2.75) is 46.1 Å². The van der Waals surface area contributed by atoms with Gasteiger partial charge in [-0.25, -0.2) is 0 Å². The summed E-state index contributed by atoms with van der Waals surface area (Å²) < 4.78 is 1.74. The number of nitrogens with zero attached hydrogens (tertiary/aromatic N) is 2. The smallest absolute Gasteiger partial charge is 0.269 e. The van der Waals surface area contributed by atoms with Crippen molar-refractivity contribution in [1.29, 1.82) is 0 Å². The van der Waals surface area contributed by atoms with E-state index >= 15 is 0 Å². The predicted octanol–water partition coefficient (Wildman–Crippen LogP) is 1.46. The van der Waals surface area contributed by atoms with Gasteiger partial charge in [-0.15, -0.1) is 0 Å². The zero-order chi connectivity index (χ0) is 13.9. The van der Waals surface area contributed by atoms with Crippen molar-refractivity contribution in [2.24, 2.45) is 11.1 Å². The van der Waals surface area contributed by atoms with Crippen LogP contribution >= 0.6 is 0 Å². The summed E-state index contributed by atoms with van der Waals surface area (Å²) in [5, 5.41) is 7.34. The van der Waals surface area contributed by atoms with E-state index in [0.29, 0.717) is 25.3 Å². The van der Waals surface area contributed by atoms with Crippen molar-refractivity contribution in [3.63, 3.8) is 0 Å². The molecule has 1 heterocycles. The molecule has 0 bridgehead atoms. The highest BCUT2D eigenvalue weighted by molar-refractivity contribution is 5.92. The molecule has 0 atom stereocenters. The molecule has 5 heteroatoms. The first-order valence-electron chi connectivity index (χ1n) is 7.13. The molecule has 106 valence electrons. The Balaban J connectivity index is 2.01. The highest BCUT2D eigenvalue weighted by Crippen LogP contribution is 2.36. The molecule has 0 spiro atoms. The Morgan fingerprint density at radius 2 is 2.21 bits per heavy atom. The normalized spacial score (nSPS) is 17.6. The number of aryl methyl sites for hydroxylation is 2. The van der Waals surface area contributed by atoms with Gasteiger partial charge >= 0.3 is 0 Å². The van der Waals surface area contributed by atoms with Gasteiger partial charge in [0, 0.05) is 13.1 Å². The van der Waals surface area contributed by atoms with Crippen LogP contribution < -0.4 is 11.1 Å². The molecular weight excluding hydrogens is 240 g/mol. The standard InChI is InChI=1S/C14H24N4O/c1-3-18-12(8-11(2)17-18)13(19)16-10-14(9-15)6-4-5-7-14/h8H,3-7,9-10,15H2,1-2H3,(H,16,19). The highest BCUT2D eigenvalue weighted by atomic mass is 16.2. The average molecular weight is 264 g/mol. The monoisotopic (exact) mass is 264 g/mol. The number of nitrogens with one attached hydrogen (secondary N) is 1. The minimum absolute atomic E-state index is 0.0397. The Morgan fingerprint density at radius 3 is 2.79 bits per heavy atom. The Labute approximate surface area is 114 Å². The fourth-order valence-corrected chi connectivity index (χ4v) is 2.91. The maximum Gasteiger partial charge on any atom is 0.269 e. The summed E-state index contributed by atoms with van der Waals surface area (Å²) in [6, 6.07) is 1.84. The maximum atomic E-state index is 12.2. The van der Waals surface area contributed by atoms with Crippen LogP contribution in [0.1, 0.15) is 48.8 Å². The molecule has 1 aromatic rings. The number of aromatic nitrogens is 2. The summed E-state index contributed by atoms with van der Waals surface area (Å²) in [4.78, 5) is 12.2. The molecule has 1 aliphatic rings. The molecule has 0 saturated heterocycles. The van der Waals surface area contributed by atoms with Crippen molar-refractivity contribution >= 4 is 5.91 Å². The molecule has 1 aromatic heterocycles. The Bertz CT molecular complexity index is 446. The second kappa shape index (κ2) is 5.74. The molecular formula is C14H24N4O. The SMILES string of the molecule is CCn1nc(C)cc1C(=O)NCC1(CN)CCCC1. The maximum absolute atomic E-state index is 12.2. The highest BCUT2D eigenvalue weighted by Gasteiger charge is 2.33. The van der Waals surface area contributed by atoms with E-state index in [1.807, 2.05) is 19.9 Å². The van der Waals surface area contributed by atoms with Crippen LogP contribution in [0.25, 0.3) is 0 Å². The molecule has 0 radical (unpaired) electrons. The van der Waals surface area contributed by atoms with Gasteiger partial charge in [0.2, 0.25) is 0 Å². The third-order valence-electron chi connectivity index (χ3n) is 4.16. The molecule has 1 amide bonds. The summed E-state index contributed by atoms with van der Waals surface area (Å²) in [7, 11) is 0. The number of nitrogens with two attached hydrogens (primary N) is 1. The van der Waals surface area contributed by atoms with Gasteiger partial charge in [-0.1, -0.05) is 12.8 Å². The minimum atomic E-state index is -0.0397. The van der Waals surface area contributed by atoms with Crippen LogP contribution in [0.3, 0.4) is 0 Å². The van der Waals surface area contributed by atoms with Crippen LogP contribution in [-0.4, -0.2) is 28.8 Å². The average Bonchev–Trinajstić information content (AvgIpc) is 3.03. The van der Waals surface area contributed by atoms with Crippen LogP contribution in [0.4, 0.5) is 0 Å². The summed E-state index contributed by atoms with van der Waals surface area (Å²) in [6.45, 7) is 5.93. The second-order valence-electron chi connectivity index (χ2n) is 5.58. The predicted molar refractivity (Wildman–Crippen MR) is 74.9 cm³/mol. The van der Waals surface area contributed by atoms with Gasteiger partial charge in [-0.05, 0) is 44.7 Å². The lowest BCUT2D eigenvalue weighted by Crippen LogP contribution is -2.41. The van der Waals surface area contributed by atoms with Gasteiger partial charge in [-0.2, -0.15) is 5.10 Å². The summed E-state index contributed by atoms with van der Waals surface area (Å²) in [5.74, 6) is -0.0397. The van der Waals surface area contributed by atoms with E-state index in [1.165, 1.54) is 12.8 Å². The van der Waals surface area contributed by atoms with Crippen LogP contribution in [0.5, 0.6) is 0 Å². The first-order valence-corrected chi connectivity index (χ1v) is 7.13. The van der Waals surface area contributed by atoms with Crippen LogP contribution in [-0.2, 0) is 6.54 Å². The quantitative estimate of drug-likeness (QED) is 0.845. The molecule has 1 aliphatic carbocycles. The Kier molecular flexibility index (Phi) is 4.24. The van der Waals surface area contributed by atoms with Gasteiger partial charge in [-0.3, -0.25) is 9.48 Å². The molecule has 3 N–H and O–H groups in total. The first kappa shape index (κ1) is 14.1. The van der Waals surface area contributed by atoms with Crippen LogP contribution in [0, 0.1) is 12.3 Å². The third-order valence-corrected chi connectivity index (χ3v) is 4.16. The summed E-state index contributed by atoms with van der Waals surface area (Å²) in [5.41, 5.74) is 7.52. The molecule has 1 saturated carbocycles. The number of hydrogen-bond donors (Lipinski definition) is 2. The molecule has 0 aliphatic heterocycles. The zero-order valence-electron chi connectivity index (χ0n) is 11.9. The van der Waals surface area contributed by atoms with E-state index in [2.05, 4.69) is 10.4 Å². The van der Waals surface area contributed by atoms with E-state index in [0.717, 1.165) is 18.5 Å². The van der Waals surface area contributed by atoms with Gasteiger partial charge in [0.1, 0.15) is 5.69 Å². The zero-order valence-corrected chi connectivity index (χ0v) is 11.9. The first-order chi connectivity index (χ1) is 9.10. The van der Waals surface area contributed by atoms with Gasteiger partial charge in [0.25, 0.3) is 5.91 Å². The van der Waals surface area contributed by atoms with Crippen molar-refractivity contribution in [3.05, 3.63) is 17.5 Å². The number of carbonyl (C=O) groups is 1. The number of amides is 1. The van der Waals surface area contributed by atoms with Crippen LogP contribution in [0.2, 0.25) is 0 Å². The minimum Gasteiger partial charge on any atom is -0.350 e. The molecule has 2 rings (SSSR count). The number of carbonyl (C=O) groups excluding carboxylic acids is 1. The number of hydrogen-bond acceptors (Lipinski definition) is 3. The van der Waals surface area contributed by atoms with E-state index in [4.69, 9.17) is 5.73 Å².